The lowest BCUT2D eigenvalue weighted by atomic mass is 10.0. The van der Waals surface area contributed by atoms with Gasteiger partial charge in [-0.05, 0) is 37.1 Å². The number of hydrogen-bond donors (Lipinski definition) is 1. The molecule has 0 spiro atoms. The third-order valence-corrected chi connectivity index (χ3v) is 3.58. The van der Waals surface area contributed by atoms with Crippen molar-refractivity contribution in [3.05, 3.63) is 35.6 Å². The van der Waals surface area contributed by atoms with E-state index in [0.717, 1.165) is 25.1 Å². The lowest BCUT2D eigenvalue weighted by Gasteiger charge is -2.28. The van der Waals surface area contributed by atoms with Crippen molar-refractivity contribution >= 4 is 5.91 Å². The molecule has 4 heteroatoms. The second-order valence-electron chi connectivity index (χ2n) is 5.23. The number of rotatable bonds is 4. The predicted molar refractivity (Wildman–Crippen MR) is 73.4 cm³/mol. The Morgan fingerprint density at radius 2 is 2.32 bits per heavy atom. The number of halogens is 1. The molecular formula is C15H21FN2O. The van der Waals surface area contributed by atoms with Gasteiger partial charge in [-0.3, -0.25) is 4.79 Å². The summed E-state index contributed by atoms with van der Waals surface area (Å²) in [5.74, 6) is -0.250. The number of hydrogen-bond acceptors (Lipinski definition) is 2. The molecule has 2 rings (SSSR count). The van der Waals surface area contributed by atoms with Crippen LogP contribution in [0.4, 0.5) is 4.39 Å². The molecule has 0 saturated carbocycles. The van der Waals surface area contributed by atoms with Gasteiger partial charge in [0, 0.05) is 19.6 Å². The molecule has 0 aromatic heterocycles. The second kappa shape index (κ2) is 6.66. The predicted octanol–water partition coefficient (Wildman–Crippen LogP) is 1.97. The number of carbonyl (C=O) groups excluding carboxylic acids is 1. The molecule has 1 fully saturated rings. The van der Waals surface area contributed by atoms with Crippen LogP contribution in [-0.4, -0.2) is 37.0 Å². The highest BCUT2D eigenvalue weighted by Crippen LogP contribution is 2.10. The first-order valence-corrected chi connectivity index (χ1v) is 6.87. The fourth-order valence-corrected chi connectivity index (χ4v) is 2.47. The maximum atomic E-state index is 13.1. The number of piperidine rings is 1. The van der Waals surface area contributed by atoms with Gasteiger partial charge in [-0.2, -0.15) is 0 Å². The van der Waals surface area contributed by atoms with Crippen LogP contribution in [0.1, 0.15) is 24.8 Å². The molecule has 0 aliphatic carbocycles. The fraction of sp³-hybridized carbons (Fsp3) is 0.533. The molecule has 1 aliphatic rings. The molecule has 0 radical (unpaired) electrons. The minimum absolute atomic E-state index is 0.0398. The lowest BCUT2D eigenvalue weighted by molar-refractivity contribution is -0.129. The van der Waals surface area contributed by atoms with E-state index in [0.29, 0.717) is 6.04 Å². The molecule has 0 bridgehead atoms. The van der Waals surface area contributed by atoms with Crippen molar-refractivity contribution in [3.63, 3.8) is 0 Å². The van der Waals surface area contributed by atoms with Gasteiger partial charge in [-0.1, -0.05) is 18.6 Å². The van der Waals surface area contributed by atoms with Gasteiger partial charge in [-0.15, -0.1) is 0 Å². The van der Waals surface area contributed by atoms with Gasteiger partial charge < -0.3 is 10.2 Å². The van der Waals surface area contributed by atoms with E-state index < -0.39 is 0 Å². The molecule has 104 valence electrons. The molecule has 1 aromatic rings. The molecule has 1 amide bonds. The largest absolute Gasteiger partial charge is 0.344 e. The van der Waals surface area contributed by atoms with Gasteiger partial charge in [0.25, 0.3) is 0 Å². The van der Waals surface area contributed by atoms with E-state index in [1.165, 1.54) is 25.0 Å². The van der Waals surface area contributed by atoms with E-state index in [4.69, 9.17) is 0 Å². The number of likely N-dealkylation sites (N-methyl/N-ethyl adjacent to an activating group) is 1. The van der Waals surface area contributed by atoms with Crippen molar-refractivity contribution in [2.45, 2.75) is 31.7 Å². The summed E-state index contributed by atoms with van der Waals surface area (Å²) in [7, 11) is 1.82. The van der Waals surface area contributed by atoms with Crippen LogP contribution in [0.3, 0.4) is 0 Å². The number of nitrogens with zero attached hydrogens (tertiary/aromatic N) is 1. The second-order valence-corrected chi connectivity index (χ2v) is 5.23. The van der Waals surface area contributed by atoms with Crippen molar-refractivity contribution in [1.29, 1.82) is 0 Å². The van der Waals surface area contributed by atoms with Crippen LogP contribution < -0.4 is 5.32 Å². The summed E-state index contributed by atoms with van der Waals surface area (Å²) in [4.78, 5) is 13.8. The van der Waals surface area contributed by atoms with Gasteiger partial charge in [-0.25, -0.2) is 4.39 Å². The number of amides is 1. The highest BCUT2D eigenvalue weighted by molar-refractivity contribution is 5.78. The minimum Gasteiger partial charge on any atom is -0.344 e. The van der Waals surface area contributed by atoms with Crippen molar-refractivity contribution in [1.82, 2.24) is 10.2 Å². The van der Waals surface area contributed by atoms with Crippen molar-refractivity contribution in [2.24, 2.45) is 0 Å². The molecule has 1 heterocycles. The number of carbonyl (C=O) groups is 1. The molecule has 3 nitrogen and oxygen atoms in total. The van der Waals surface area contributed by atoms with E-state index >= 15 is 0 Å². The normalized spacial score (nSPS) is 19.2. The summed E-state index contributed by atoms with van der Waals surface area (Å²) in [6.07, 6.45) is 3.83. The van der Waals surface area contributed by atoms with E-state index in [-0.39, 0.29) is 18.1 Å². The Morgan fingerprint density at radius 1 is 1.47 bits per heavy atom. The highest BCUT2D eigenvalue weighted by atomic mass is 19.1. The zero-order valence-electron chi connectivity index (χ0n) is 11.4. The van der Waals surface area contributed by atoms with Crippen LogP contribution in [0.2, 0.25) is 0 Å². The SMILES string of the molecule is CN(CC1CCCCN1)C(=O)Cc1cccc(F)c1. The summed E-state index contributed by atoms with van der Waals surface area (Å²) in [6, 6.07) is 6.64. The van der Waals surface area contributed by atoms with Crippen LogP contribution in [-0.2, 0) is 11.2 Å². The molecule has 1 saturated heterocycles. The van der Waals surface area contributed by atoms with Gasteiger partial charge in [0.2, 0.25) is 5.91 Å². The average Bonchev–Trinajstić information content (AvgIpc) is 2.40. The van der Waals surface area contributed by atoms with Gasteiger partial charge in [0.15, 0.2) is 0 Å². The average molecular weight is 264 g/mol. The highest BCUT2D eigenvalue weighted by Gasteiger charge is 2.17. The molecule has 1 aliphatic heterocycles. The standard InChI is InChI=1S/C15H21FN2O/c1-18(11-14-7-2-3-8-17-14)15(19)10-12-5-4-6-13(16)9-12/h4-6,9,14,17H,2-3,7-8,10-11H2,1H3. The van der Waals surface area contributed by atoms with Crippen LogP contribution in [0.15, 0.2) is 24.3 Å². The first kappa shape index (κ1) is 14.0. The molecular weight excluding hydrogens is 243 g/mol. The van der Waals surface area contributed by atoms with Crippen LogP contribution >= 0.6 is 0 Å². The molecule has 1 N–H and O–H groups in total. The monoisotopic (exact) mass is 264 g/mol. The third-order valence-electron chi connectivity index (χ3n) is 3.58. The first-order chi connectivity index (χ1) is 9.15. The molecule has 19 heavy (non-hydrogen) atoms. The zero-order chi connectivity index (χ0) is 13.7. The third kappa shape index (κ3) is 4.31. The Hall–Kier alpha value is -1.42. The van der Waals surface area contributed by atoms with E-state index in [9.17, 15) is 9.18 Å². The van der Waals surface area contributed by atoms with Gasteiger partial charge >= 0.3 is 0 Å². The topological polar surface area (TPSA) is 32.3 Å². The van der Waals surface area contributed by atoms with Crippen molar-refractivity contribution in [3.8, 4) is 0 Å². The van der Waals surface area contributed by atoms with Crippen molar-refractivity contribution < 1.29 is 9.18 Å². The van der Waals surface area contributed by atoms with Crippen LogP contribution in [0, 0.1) is 5.82 Å². The summed E-state index contributed by atoms with van der Waals surface area (Å²) in [6.45, 7) is 1.77. The van der Waals surface area contributed by atoms with Crippen LogP contribution in [0.5, 0.6) is 0 Å². The Morgan fingerprint density at radius 3 is 3.00 bits per heavy atom. The summed E-state index contributed by atoms with van der Waals surface area (Å²) in [5, 5.41) is 3.42. The zero-order valence-corrected chi connectivity index (χ0v) is 11.4. The molecule has 1 aromatic carbocycles. The summed E-state index contributed by atoms with van der Waals surface area (Å²) < 4.78 is 13.1. The van der Waals surface area contributed by atoms with Gasteiger partial charge in [0.05, 0.1) is 6.42 Å². The number of nitrogens with one attached hydrogen (secondary N) is 1. The fourth-order valence-electron chi connectivity index (χ4n) is 2.47. The Bertz CT molecular complexity index is 430. The van der Waals surface area contributed by atoms with E-state index in [2.05, 4.69) is 5.32 Å². The minimum atomic E-state index is -0.290. The molecule has 1 unspecified atom stereocenters. The van der Waals surface area contributed by atoms with Crippen LogP contribution in [0.25, 0.3) is 0 Å². The quantitative estimate of drug-likeness (QED) is 0.901. The first-order valence-electron chi connectivity index (χ1n) is 6.87. The Labute approximate surface area is 113 Å². The number of benzene rings is 1. The smallest absolute Gasteiger partial charge is 0.226 e. The van der Waals surface area contributed by atoms with E-state index in [1.807, 2.05) is 7.05 Å². The van der Waals surface area contributed by atoms with Gasteiger partial charge in [0.1, 0.15) is 5.82 Å². The summed E-state index contributed by atoms with van der Waals surface area (Å²) in [5.41, 5.74) is 0.730. The lowest BCUT2D eigenvalue weighted by Crippen LogP contribution is -2.44. The molecule has 1 atom stereocenters. The van der Waals surface area contributed by atoms with Crippen molar-refractivity contribution in [2.75, 3.05) is 20.1 Å². The summed E-state index contributed by atoms with van der Waals surface area (Å²) >= 11 is 0. The van der Waals surface area contributed by atoms with E-state index in [1.54, 1.807) is 17.0 Å². The Kier molecular flexibility index (Phi) is 4.91. The Balaban J connectivity index is 1.84. The maximum Gasteiger partial charge on any atom is 0.226 e. The maximum absolute atomic E-state index is 13.1.